The van der Waals surface area contributed by atoms with Gasteiger partial charge in [0.2, 0.25) is 5.91 Å². The molecule has 2 aliphatic rings. The van der Waals surface area contributed by atoms with Gasteiger partial charge in [0.05, 0.1) is 0 Å². The Morgan fingerprint density at radius 3 is 2.62 bits per heavy atom. The molecule has 5 N–H and O–H groups in total. The number of carbonyl (C=O) groups excluding carboxylic acids is 2. The van der Waals surface area contributed by atoms with Crippen LogP contribution < -0.4 is 11.1 Å². The number of hydrogen-bond acceptors (Lipinski definition) is 10. The maximum atomic E-state index is 12.8. The minimum Gasteiger partial charge on any atom is -0.483 e. The zero-order valence-corrected chi connectivity index (χ0v) is 20.2. The quantitative estimate of drug-likeness (QED) is 0.232. The number of carbonyl (C=O) groups is 4. The molecule has 1 aromatic heterocycles. The van der Waals surface area contributed by atoms with Gasteiger partial charge < -0.3 is 21.3 Å². The lowest BCUT2D eigenvalue weighted by molar-refractivity contribution is -0.150. The highest BCUT2D eigenvalue weighted by atomic mass is 32.2. The van der Waals surface area contributed by atoms with Crippen molar-refractivity contribution in [3.63, 3.8) is 0 Å². The smallest absolute Gasteiger partial charge is 0.352 e. The molecular formula is C20H21N5O6S3. The number of rotatable bonds is 7. The topological polar surface area (TPSA) is 176 Å². The largest absolute Gasteiger partial charge is 0.483 e. The summed E-state index contributed by atoms with van der Waals surface area (Å²) in [6, 6.07) is 7.15. The zero-order valence-electron chi connectivity index (χ0n) is 17.8. The van der Waals surface area contributed by atoms with Crippen molar-refractivity contribution in [1.29, 1.82) is 0 Å². The molecule has 0 spiro atoms. The highest BCUT2D eigenvalue weighted by Crippen LogP contribution is 2.41. The van der Waals surface area contributed by atoms with Gasteiger partial charge in [-0.3, -0.25) is 19.3 Å². The molecule has 0 saturated carbocycles. The van der Waals surface area contributed by atoms with E-state index in [1.165, 1.54) is 39.8 Å². The second kappa shape index (κ2) is 11.5. The summed E-state index contributed by atoms with van der Waals surface area (Å²) >= 11 is 4.26. The van der Waals surface area contributed by atoms with E-state index in [9.17, 15) is 19.5 Å². The molecule has 0 bridgehead atoms. The van der Waals surface area contributed by atoms with Crippen LogP contribution in [-0.2, 0) is 19.2 Å². The fourth-order valence-electron chi connectivity index (χ4n) is 3.33. The number of benzene rings is 1. The molecule has 1 fully saturated rings. The summed E-state index contributed by atoms with van der Waals surface area (Å²) < 4.78 is 0.747. The van der Waals surface area contributed by atoms with Crippen LogP contribution in [0.25, 0.3) is 0 Å². The van der Waals surface area contributed by atoms with E-state index >= 15 is 0 Å². The van der Waals surface area contributed by atoms with Gasteiger partial charge in [-0.15, -0.1) is 22.0 Å². The molecule has 1 unspecified atom stereocenters. The number of fused-ring (bicyclic) bond motifs is 1. The number of aromatic nitrogens is 2. The summed E-state index contributed by atoms with van der Waals surface area (Å²) in [4.78, 5) is 46.9. The third-order valence-electron chi connectivity index (χ3n) is 4.87. The first-order valence-corrected chi connectivity index (χ1v) is 12.6. The maximum Gasteiger partial charge on any atom is 0.352 e. The maximum absolute atomic E-state index is 12.8. The van der Waals surface area contributed by atoms with Crippen LogP contribution in [0, 0.1) is 6.92 Å². The molecule has 2 aromatic rings. The van der Waals surface area contributed by atoms with E-state index in [0.29, 0.717) is 22.6 Å². The Bertz CT molecular complexity index is 1110. The van der Waals surface area contributed by atoms with Crippen LogP contribution in [-0.4, -0.2) is 72.5 Å². The highest BCUT2D eigenvalue weighted by Gasteiger charge is 2.54. The van der Waals surface area contributed by atoms with Gasteiger partial charge in [-0.25, -0.2) is 4.79 Å². The third-order valence-corrected chi connectivity index (χ3v) is 8.26. The van der Waals surface area contributed by atoms with Crippen LogP contribution in [0.15, 0.2) is 45.9 Å². The van der Waals surface area contributed by atoms with Gasteiger partial charge in [0.15, 0.2) is 4.34 Å². The van der Waals surface area contributed by atoms with Gasteiger partial charge in [-0.1, -0.05) is 53.4 Å². The average Bonchev–Trinajstić information content (AvgIpc) is 3.25. The van der Waals surface area contributed by atoms with Gasteiger partial charge in [0.1, 0.15) is 28.2 Å². The molecule has 14 heteroatoms. The Morgan fingerprint density at radius 1 is 1.35 bits per heavy atom. The van der Waals surface area contributed by atoms with E-state index in [0.717, 1.165) is 9.35 Å². The normalized spacial score (nSPS) is 19.8. The van der Waals surface area contributed by atoms with Gasteiger partial charge in [-0.05, 0) is 18.1 Å². The summed E-state index contributed by atoms with van der Waals surface area (Å²) in [5.74, 6) is -1.24. The summed E-state index contributed by atoms with van der Waals surface area (Å²) in [5.41, 5.74) is 7.28. The Kier molecular flexibility index (Phi) is 8.66. The predicted octanol–water partition coefficient (Wildman–Crippen LogP) is 1.08. The van der Waals surface area contributed by atoms with Crippen LogP contribution in [0.1, 0.15) is 16.6 Å². The Balaban J connectivity index is 0.00000103. The molecule has 2 amide bonds. The molecule has 11 nitrogen and oxygen atoms in total. The number of hydrogen-bond donors (Lipinski definition) is 4. The van der Waals surface area contributed by atoms with Crippen LogP contribution in [0.2, 0.25) is 0 Å². The van der Waals surface area contributed by atoms with Gasteiger partial charge >= 0.3 is 5.97 Å². The van der Waals surface area contributed by atoms with E-state index in [1.54, 1.807) is 24.3 Å². The first-order valence-electron chi connectivity index (χ1n) is 9.80. The van der Waals surface area contributed by atoms with Crippen molar-refractivity contribution in [3.05, 3.63) is 52.2 Å². The molecule has 1 saturated heterocycles. The second-order valence-electron chi connectivity index (χ2n) is 7.02. The number of aliphatic carboxylic acids is 1. The molecule has 3 atom stereocenters. The number of nitrogens with two attached hydrogens (primary N) is 1. The molecular weight excluding hydrogens is 502 g/mol. The summed E-state index contributed by atoms with van der Waals surface area (Å²) in [7, 11) is 0. The average molecular weight is 524 g/mol. The van der Waals surface area contributed by atoms with E-state index in [1.807, 2.05) is 13.0 Å². The molecule has 34 heavy (non-hydrogen) atoms. The minimum absolute atomic E-state index is 0.0136. The number of amides is 2. The van der Waals surface area contributed by atoms with Crippen molar-refractivity contribution in [2.45, 2.75) is 28.7 Å². The monoisotopic (exact) mass is 523 g/mol. The highest BCUT2D eigenvalue weighted by molar-refractivity contribution is 8.01. The van der Waals surface area contributed by atoms with Crippen molar-refractivity contribution < 1.29 is 29.4 Å². The lowest BCUT2D eigenvalue weighted by atomic mass is 10.0. The molecule has 180 valence electrons. The standard InChI is InChI=1S/C19H19N5O4S3.CH2O2/c1-9-22-23-19(31-9)30-8-11-7-29-17-13(16(26)24(17)14(11)18(27)28)21-15(25)12(20)10-5-3-2-4-6-10;2-1-3/h2-6,12-13,17H,7-8,20H2,1H3,(H,21,25)(H,27,28);1H,(H,2,3)/t12-,13?,17-;/m1./s1. The van der Waals surface area contributed by atoms with Crippen LogP contribution in [0.5, 0.6) is 0 Å². The Morgan fingerprint density at radius 2 is 2.03 bits per heavy atom. The van der Waals surface area contributed by atoms with Crippen molar-refractivity contribution in [3.8, 4) is 0 Å². The number of carboxylic acids is 1. The van der Waals surface area contributed by atoms with Gasteiger partial charge in [0, 0.05) is 11.5 Å². The predicted molar refractivity (Wildman–Crippen MR) is 127 cm³/mol. The molecule has 1 aromatic carbocycles. The van der Waals surface area contributed by atoms with Gasteiger partial charge in [0.25, 0.3) is 12.4 Å². The number of aryl methyl sites for hydroxylation is 1. The van der Waals surface area contributed by atoms with E-state index in [4.69, 9.17) is 15.6 Å². The van der Waals surface area contributed by atoms with E-state index in [-0.39, 0.29) is 12.2 Å². The minimum atomic E-state index is -1.16. The first-order chi connectivity index (χ1) is 16.3. The number of nitrogens with one attached hydrogen (secondary N) is 1. The Labute approximate surface area is 206 Å². The molecule has 2 aliphatic heterocycles. The lowest BCUT2D eigenvalue weighted by Crippen LogP contribution is -2.71. The number of thioether (sulfide) groups is 2. The Hall–Kier alpha value is -2.94. The number of β-lactam (4-membered cyclic amide) rings is 1. The number of nitrogens with zero attached hydrogens (tertiary/aromatic N) is 3. The molecule has 4 rings (SSSR count). The van der Waals surface area contributed by atoms with E-state index < -0.39 is 35.2 Å². The SMILES string of the molecule is Cc1nnc(SCC2=C(C(=O)O)N3C(=O)C(NC(=O)[C@H](N)c4ccccc4)[C@H]3SC2)s1.O=CO. The fraction of sp³-hybridized carbons (Fsp3) is 0.300. The number of carboxylic acid groups (broad SMARTS) is 2. The summed E-state index contributed by atoms with van der Waals surface area (Å²) in [5, 5.41) is 27.7. The van der Waals surface area contributed by atoms with Crippen molar-refractivity contribution in [1.82, 2.24) is 20.4 Å². The van der Waals surface area contributed by atoms with Gasteiger partial charge in [-0.2, -0.15) is 0 Å². The molecule has 0 aliphatic carbocycles. The fourth-order valence-corrected chi connectivity index (χ4v) is 6.64. The second-order valence-corrected chi connectivity index (χ2v) is 10.5. The van der Waals surface area contributed by atoms with Crippen LogP contribution in [0.3, 0.4) is 0 Å². The van der Waals surface area contributed by atoms with Crippen molar-refractivity contribution in [2.75, 3.05) is 11.5 Å². The summed E-state index contributed by atoms with van der Waals surface area (Å²) in [6.07, 6.45) is 0. The first kappa shape index (κ1) is 25.7. The third kappa shape index (κ3) is 5.58. The molecule has 0 radical (unpaired) electrons. The zero-order chi connectivity index (χ0) is 24.8. The van der Waals surface area contributed by atoms with Crippen molar-refractivity contribution >= 4 is 59.1 Å². The van der Waals surface area contributed by atoms with Crippen LogP contribution >= 0.6 is 34.9 Å². The van der Waals surface area contributed by atoms with Crippen molar-refractivity contribution in [2.24, 2.45) is 5.73 Å². The van der Waals surface area contributed by atoms with E-state index in [2.05, 4.69) is 15.5 Å². The lowest BCUT2D eigenvalue weighted by Gasteiger charge is -2.49. The molecule has 3 heterocycles. The summed E-state index contributed by atoms with van der Waals surface area (Å²) in [6.45, 7) is 1.60. The van der Waals surface area contributed by atoms with Crippen LogP contribution in [0.4, 0.5) is 0 Å².